The number of amides is 1. The van der Waals surface area contributed by atoms with Gasteiger partial charge < -0.3 is 20.3 Å². The molecule has 0 saturated carbocycles. The van der Waals surface area contributed by atoms with Crippen LogP contribution in [-0.2, 0) is 14.3 Å². The van der Waals surface area contributed by atoms with Crippen LogP contribution in [0.2, 0.25) is 0 Å². The number of unbranched alkanes of at least 4 members (excludes halogenated alkanes) is 46. The number of carbonyl (C=O) groups is 2. The first-order valence-electron chi connectivity index (χ1n) is 32.6. The first-order valence-corrected chi connectivity index (χ1v) is 32.6. The molecular formula is C66H127NO5. The Bertz CT molecular complexity index is 1120. The van der Waals surface area contributed by atoms with E-state index in [1.807, 2.05) is 0 Å². The van der Waals surface area contributed by atoms with E-state index in [1.165, 1.54) is 270 Å². The first kappa shape index (κ1) is 70.3. The summed E-state index contributed by atoms with van der Waals surface area (Å²) in [4.78, 5) is 24.5. The predicted octanol–water partition coefficient (Wildman–Crippen LogP) is 20.6. The van der Waals surface area contributed by atoms with Crippen molar-refractivity contribution in [2.75, 3.05) is 13.2 Å². The fourth-order valence-corrected chi connectivity index (χ4v) is 10.2. The highest BCUT2D eigenvalue weighted by Crippen LogP contribution is 2.18. The molecule has 0 aliphatic heterocycles. The maximum Gasteiger partial charge on any atom is 0.305 e. The van der Waals surface area contributed by atoms with Gasteiger partial charge in [0.05, 0.1) is 25.4 Å². The molecule has 0 heterocycles. The number of allylic oxidation sites excluding steroid dienone is 4. The van der Waals surface area contributed by atoms with Crippen LogP contribution in [0.25, 0.3) is 0 Å². The number of nitrogens with one attached hydrogen (secondary N) is 1. The molecule has 2 atom stereocenters. The van der Waals surface area contributed by atoms with Gasteiger partial charge in [0.25, 0.3) is 0 Å². The lowest BCUT2D eigenvalue weighted by Crippen LogP contribution is -2.45. The first-order chi connectivity index (χ1) is 35.5. The number of ether oxygens (including phenoxy) is 1. The molecule has 6 nitrogen and oxygen atoms in total. The molecule has 0 aliphatic rings. The van der Waals surface area contributed by atoms with E-state index < -0.39 is 12.1 Å². The zero-order chi connectivity index (χ0) is 52.2. The van der Waals surface area contributed by atoms with Crippen molar-refractivity contribution in [3.8, 4) is 0 Å². The molecule has 0 aliphatic carbocycles. The third kappa shape index (κ3) is 57.6. The summed E-state index contributed by atoms with van der Waals surface area (Å²) < 4.78 is 5.46. The maximum atomic E-state index is 12.5. The number of hydrogen-bond donors (Lipinski definition) is 3. The molecule has 0 aromatic rings. The van der Waals surface area contributed by atoms with E-state index in [0.29, 0.717) is 25.9 Å². The Morgan fingerprint density at radius 1 is 0.375 bits per heavy atom. The van der Waals surface area contributed by atoms with Crippen molar-refractivity contribution in [1.29, 1.82) is 0 Å². The number of aliphatic hydroxyl groups is 2. The van der Waals surface area contributed by atoms with Crippen molar-refractivity contribution >= 4 is 11.9 Å². The quantitative estimate of drug-likeness (QED) is 0.0320. The van der Waals surface area contributed by atoms with Crippen molar-refractivity contribution in [1.82, 2.24) is 5.32 Å². The lowest BCUT2D eigenvalue weighted by molar-refractivity contribution is -0.143. The largest absolute Gasteiger partial charge is 0.466 e. The van der Waals surface area contributed by atoms with Gasteiger partial charge in [-0.05, 0) is 77.0 Å². The minimum atomic E-state index is -0.675. The molecule has 0 saturated heterocycles. The van der Waals surface area contributed by atoms with Crippen LogP contribution in [0.1, 0.15) is 361 Å². The summed E-state index contributed by atoms with van der Waals surface area (Å²) in [6, 6.07) is -0.553. The molecule has 0 bridgehead atoms. The van der Waals surface area contributed by atoms with Gasteiger partial charge in [0.1, 0.15) is 0 Å². The Labute approximate surface area is 450 Å². The Balaban J connectivity index is 3.44. The van der Waals surface area contributed by atoms with E-state index in [9.17, 15) is 19.8 Å². The van der Waals surface area contributed by atoms with Crippen molar-refractivity contribution in [2.45, 2.75) is 373 Å². The van der Waals surface area contributed by atoms with Gasteiger partial charge in [-0.2, -0.15) is 0 Å². The summed E-state index contributed by atoms with van der Waals surface area (Å²) in [6.45, 7) is 4.94. The molecular weight excluding hydrogens is 887 g/mol. The lowest BCUT2D eigenvalue weighted by Gasteiger charge is -2.22. The van der Waals surface area contributed by atoms with E-state index in [0.717, 1.165) is 57.8 Å². The molecule has 1 amide bonds. The van der Waals surface area contributed by atoms with Crippen LogP contribution in [0.15, 0.2) is 24.3 Å². The molecule has 6 heteroatoms. The zero-order valence-electron chi connectivity index (χ0n) is 48.7. The normalized spacial score (nSPS) is 12.7. The standard InChI is InChI=1S/C66H127NO5/c1-3-5-7-9-11-13-15-17-18-19-20-21-22-23-24-25-26-29-32-35-38-42-46-50-54-58-64(69)63(62-68)67-65(70)59-55-51-47-43-39-36-33-30-27-28-31-34-37-41-45-49-53-57-61-72-66(71)60-56-52-48-44-40-16-14-12-10-8-6-4-2/h12,14,30,33,63-64,68-69H,3-11,13,15-29,31-32,34-62H2,1-2H3,(H,67,70)/b14-12-,33-30-. The Kier molecular flexibility index (Phi) is 60.5. The fraction of sp³-hybridized carbons (Fsp3) is 0.909. The summed E-state index contributed by atoms with van der Waals surface area (Å²) in [6.07, 6.45) is 76.3. The minimum Gasteiger partial charge on any atom is -0.466 e. The third-order valence-corrected chi connectivity index (χ3v) is 15.2. The van der Waals surface area contributed by atoms with Crippen LogP contribution in [-0.4, -0.2) is 47.4 Å². The average molecular weight is 1010 g/mol. The van der Waals surface area contributed by atoms with Gasteiger partial charge in [0, 0.05) is 12.8 Å². The highest BCUT2D eigenvalue weighted by Gasteiger charge is 2.20. The van der Waals surface area contributed by atoms with Gasteiger partial charge in [-0.25, -0.2) is 0 Å². The zero-order valence-corrected chi connectivity index (χ0v) is 48.7. The van der Waals surface area contributed by atoms with Crippen LogP contribution < -0.4 is 5.32 Å². The molecule has 0 fully saturated rings. The Morgan fingerprint density at radius 3 is 1.01 bits per heavy atom. The van der Waals surface area contributed by atoms with Crippen LogP contribution in [0, 0.1) is 0 Å². The number of carbonyl (C=O) groups excluding carboxylic acids is 2. The van der Waals surface area contributed by atoms with Crippen LogP contribution in [0.4, 0.5) is 0 Å². The average Bonchev–Trinajstić information content (AvgIpc) is 3.38. The molecule has 2 unspecified atom stereocenters. The molecule has 426 valence electrons. The molecule has 0 rings (SSSR count). The fourth-order valence-electron chi connectivity index (χ4n) is 10.2. The molecule has 0 radical (unpaired) electrons. The molecule has 3 N–H and O–H groups in total. The molecule has 0 aromatic heterocycles. The van der Waals surface area contributed by atoms with Gasteiger partial charge in [-0.15, -0.1) is 0 Å². The number of hydrogen-bond acceptors (Lipinski definition) is 5. The van der Waals surface area contributed by atoms with Crippen LogP contribution >= 0.6 is 0 Å². The predicted molar refractivity (Wildman–Crippen MR) is 315 cm³/mol. The van der Waals surface area contributed by atoms with Gasteiger partial charge >= 0.3 is 5.97 Å². The van der Waals surface area contributed by atoms with Crippen molar-refractivity contribution in [3.05, 3.63) is 24.3 Å². The summed E-state index contributed by atoms with van der Waals surface area (Å²) >= 11 is 0. The lowest BCUT2D eigenvalue weighted by atomic mass is 10.0. The monoisotopic (exact) mass is 1010 g/mol. The van der Waals surface area contributed by atoms with E-state index >= 15 is 0 Å². The second kappa shape index (κ2) is 61.9. The van der Waals surface area contributed by atoms with E-state index in [4.69, 9.17) is 4.74 Å². The van der Waals surface area contributed by atoms with Crippen molar-refractivity contribution in [2.24, 2.45) is 0 Å². The van der Waals surface area contributed by atoms with Gasteiger partial charge in [-0.3, -0.25) is 9.59 Å². The third-order valence-electron chi connectivity index (χ3n) is 15.2. The topological polar surface area (TPSA) is 95.9 Å². The Morgan fingerprint density at radius 2 is 0.653 bits per heavy atom. The summed E-state index contributed by atoms with van der Waals surface area (Å²) in [7, 11) is 0. The van der Waals surface area contributed by atoms with E-state index in [1.54, 1.807) is 0 Å². The minimum absolute atomic E-state index is 0.00634. The summed E-state index contributed by atoms with van der Waals surface area (Å²) in [5.74, 6) is -0.0518. The number of rotatable bonds is 61. The molecule has 0 aromatic carbocycles. The summed E-state index contributed by atoms with van der Waals surface area (Å²) in [5, 5.41) is 23.4. The van der Waals surface area contributed by atoms with Gasteiger partial charge in [0.15, 0.2) is 0 Å². The second-order valence-electron chi connectivity index (χ2n) is 22.4. The van der Waals surface area contributed by atoms with Crippen molar-refractivity contribution in [3.63, 3.8) is 0 Å². The molecule has 72 heavy (non-hydrogen) atoms. The highest BCUT2D eigenvalue weighted by atomic mass is 16.5. The molecule has 0 spiro atoms. The van der Waals surface area contributed by atoms with Crippen LogP contribution in [0.5, 0.6) is 0 Å². The van der Waals surface area contributed by atoms with Gasteiger partial charge in [-0.1, -0.05) is 295 Å². The number of esters is 1. The second-order valence-corrected chi connectivity index (χ2v) is 22.4. The van der Waals surface area contributed by atoms with Crippen molar-refractivity contribution < 1.29 is 24.5 Å². The SMILES string of the molecule is CCCCC/C=C\CCCCCCCC(=O)OCCCCCCCCCCC/C=C\CCCCCCCC(=O)NC(CO)C(O)CCCCCCCCCCCCCCCCCCCCCCCCCCC. The maximum absolute atomic E-state index is 12.5. The Hall–Kier alpha value is -1.66. The van der Waals surface area contributed by atoms with E-state index in [-0.39, 0.29) is 18.5 Å². The van der Waals surface area contributed by atoms with Gasteiger partial charge in [0.2, 0.25) is 5.91 Å². The van der Waals surface area contributed by atoms with E-state index in [2.05, 4.69) is 43.5 Å². The highest BCUT2D eigenvalue weighted by molar-refractivity contribution is 5.76. The summed E-state index contributed by atoms with van der Waals surface area (Å²) in [5.41, 5.74) is 0. The van der Waals surface area contributed by atoms with Crippen LogP contribution in [0.3, 0.4) is 0 Å². The number of aliphatic hydroxyl groups excluding tert-OH is 2. The smallest absolute Gasteiger partial charge is 0.305 e.